The Morgan fingerprint density at radius 3 is 2.26 bits per heavy atom. The Morgan fingerprint density at radius 1 is 0.842 bits per heavy atom. The molecule has 0 aliphatic heterocycles. The number of aromatic nitrogens is 2. The van der Waals surface area contributed by atoms with Crippen LogP contribution in [-0.2, 0) is 34.3 Å². The van der Waals surface area contributed by atoms with Crippen molar-refractivity contribution in [3.05, 3.63) is 117 Å². The number of carboxylic acids is 1. The van der Waals surface area contributed by atoms with Crippen LogP contribution in [0.25, 0.3) is 22.3 Å². The molecule has 57 heavy (non-hydrogen) atoms. The van der Waals surface area contributed by atoms with Gasteiger partial charge in [-0.25, -0.2) is 8.42 Å². The summed E-state index contributed by atoms with van der Waals surface area (Å²) in [6, 6.07) is 21.9. The van der Waals surface area contributed by atoms with Gasteiger partial charge in [-0.2, -0.15) is 4.98 Å². The molecule has 0 radical (unpaired) electrons. The second kappa shape index (κ2) is 20.8. The van der Waals surface area contributed by atoms with Crippen LogP contribution in [0.1, 0.15) is 36.0 Å². The molecule has 3 aromatic carbocycles. The van der Waals surface area contributed by atoms with E-state index in [1.54, 1.807) is 6.07 Å². The van der Waals surface area contributed by atoms with Crippen LogP contribution in [-0.4, -0.2) is 78.3 Å². The predicted molar refractivity (Wildman–Crippen MR) is 219 cm³/mol. The van der Waals surface area contributed by atoms with E-state index in [4.69, 9.17) is 59.2 Å². The molecule has 16 heteroatoms. The van der Waals surface area contributed by atoms with Gasteiger partial charge in [0.05, 0.1) is 34.1 Å². The van der Waals surface area contributed by atoms with E-state index < -0.39 is 21.9 Å². The molecule has 5 aromatic rings. The number of halogens is 3. The number of carboxylic acid groups (broad SMARTS) is 1. The molecule has 12 nitrogen and oxygen atoms in total. The van der Waals surface area contributed by atoms with Gasteiger partial charge in [0.1, 0.15) is 30.6 Å². The Hall–Kier alpha value is -4.47. The molecule has 5 rings (SSSR count). The van der Waals surface area contributed by atoms with Gasteiger partial charge in [0, 0.05) is 65.1 Å². The summed E-state index contributed by atoms with van der Waals surface area (Å²) in [5.41, 5.74) is 4.79. The summed E-state index contributed by atoms with van der Waals surface area (Å²) >= 11 is 20.7. The first-order valence-corrected chi connectivity index (χ1v) is 21.0. The van der Waals surface area contributed by atoms with Gasteiger partial charge >= 0.3 is 5.97 Å². The molecule has 0 saturated heterocycles. The van der Waals surface area contributed by atoms with Gasteiger partial charge in [-0.15, -0.1) is 0 Å². The third-order valence-corrected chi connectivity index (χ3v) is 10.9. The summed E-state index contributed by atoms with van der Waals surface area (Å²) in [5, 5.41) is 32.2. The lowest BCUT2D eigenvalue weighted by atomic mass is 9.97. The van der Waals surface area contributed by atoms with Crippen molar-refractivity contribution >= 4 is 50.6 Å². The van der Waals surface area contributed by atoms with Gasteiger partial charge in [0.25, 0.3) is 0 Å². The van der Waals surface area contributed by atoms with Gasteiger partial charge in [-0.3, -0.25) is 9.78 Å². The van der Waals surface area contributed by atoms with Crippen LogP contribution in [0.5, 0.6) is 17.5 Å². The minimum absolute atomic E-state index is 0.0197. The molecule has 302 valence electrons. The number of nitrogens with zero attached hydrogens (tertiary/aromatic N) is 2. The lowest BCUT2D eigenvalue weighted by Gasteiger charge is -2.16. The molecular formula is C41H42Cl3N3O9S. The molecule has 2 aromatic heterocycles. The molecule has 0 fully saturated rings. The van der Waals surface area contributed by atoms with Crippen molar-refractivity contribution in [1.29, 1.82) is 0 Å². The number of nitrogens with one attached hydrogen (secondary N) is 1. The third-order valence-electron chi connectivity index (χ3n) is 8.68. The number of aryl methyl sites for hydroxylation is 1. The van der Waals surface area contributed by atoms with Crippen LogP contribution in [0.4, 0.5) is 0 Å². The largest absolute Gasteiger partial charge is 0.492 e. The minimum Gasteiger partial charge on any atom is -0.492 e. The van der Waals surface area contributed by atoms with Crippen molar-refractivity contribution in [2.45, 2.75) is 49.9 Å². The molecule has 4 N–H and O–H groups in total. The second-order valence-corrected chi connectivity index (χ2v) is 16.2. The zero-order valence-corrected chi connectivity index (χ0v) is 34.0. The highest BCUT2D eigenvalue weighted by atomic mass is 35.5. The number of hydrogen-bond acceptors (Lipinski definition) is 11. The maximum atomic E-state index is 12.1. The molecule has 0 amide bonds. The topological polar surface area (TPSA) is 177 Å². The van der Waals surface area contributed by atoms with E-state index in [1.165, 1.54) is 18.5 Å². The fourth-order valence-electron chi connectivity index (χ4n) is 5.81. The molecule has 0 saturated carbocycles. The lowest BCUT2D eigenvalue weighted by molar-refractivity contribution is -0.139. The first kappa shape index (κ1) is 43.6. The second-order valence-electron chi connectivity index (χ2n) is 13.1. The number of aliphatic hydroxyl groups excluding tert-OH is 2. The summed E-state index contributed by atoms with van der Waals surface area (Å²) in [6.45, 7) is 1.56. The Labute approximate surface area is 346 Å². The Kier molecular flexibility index (Phi) is 15.9. The summed E-state index contributed by atoms with van der Waals surface area (Å²) in [6.07, 6.45) is 3.39. The highest BCUT2D eigenvalue weighted by Gasteiger charge is 2.19. The Morgan fingerprint density at radius 2 is 1.54 bits per heavy atom. The average Bonchev–Trinajstić information content (AvgIpc) is 3.17. The molecule has 2 heterocycles. The summed E-state index contributed by atoms with van der Waals surface area (Å²) in [5.74, 6) is -0.178. The quantitative estimate of drug-likeness (QED) is 0.0537. The molecular weight excluding hydrogens is 817 g/mol. The van der Waals surface area contributed by atoms with Gasteiger partial charge in [0.2, 0.25) is 11.8 Å². The number of aliphatic carboxylic acids is 1. The van der Waals surface area contributed by atoms with E-state index >= 15 is 0 Å². The van der Waals surface area contributed by atoms with Crippen LogP contribution in [0.15, 0.2) is 90.1 Å². The molecule has 1 atom stereocenters. The van der Waals surface area contributed by atoms with Crippen LogP contribution in [0.2, 0.25) is 15.1 Å². The highest BCUT2D eigenvalue weighted by Crippen LogP contribution is 2.41. The Bertz CT molecular complexity index is 2260. The van der Waals surface area contributed by atoms with Gasteiger partial charge in [-0.05, 0) is 49.1 Å². The van der Waals surface area contributed by atoms with Gasteiger partial charge < -0.3 is 34.8 Å². The van der Waals surface area contributed by atoms with E-state index in [1.807, 2.05) is 60.7 Å². The standard InChI is InChI=1S/C41H42Cl3N3O9S/c1-57(52,53)32-19-26(22-46-23-32)24-55-40-28(5-2-7-30(49)21-37(50)51)20-36(42)41(47-40)56-25-29-6-3-9-34(38(29)43)35-10-4-8-33(39(35)44)27-11-13-31(14-12-27)54-18-16-45-15-17-48/h3-4,6,8-14,19-20,22-23,30,45,48-49H,2,5,7,15-18,21,24-25H2,1H3,(H,50,51)/t30-/m1/s1. The van der Waals surface area contributed by atoms with Gasteiger partial charge in [-0.1, -0.05) is 83.3 Å². The third kappa shape index (κ3) is 12.5. The normalized spacial score (nSPS) is 12.0. The number of hydrogen-bond donors (Lipinski definition) is 4. The smallest absolute Gasteiger partial charge is 0.305 e. The fourth-order valence-corrected chi connectivity index (χ4v) is 7.28. The highest BCUT2D eigenvalue weighted by molar-refractivity contribution is 7.90. The zero-order chi connectivity index (χ0) is 41.0. The number of pyridine rings is 2. The summed E-state index contributed by atoms with van der Waals surface area (Å²) in [7, 11) is -3.51. The molecule has 0 bridgehead atoms. The predicted octanol–water partition coefficient (Wildman–Crippen LogP) is 7.45. The van der Waals surface area contributed by atoms with Crippen molar-refractivity contribution < 1.29 is 42.7 Å². The van der Waals surface area contributed by atoms with Crippen LogP contribution in [0, 0.1) is 0 Å². The maximum absolute atomic E-state index is 12.1. The van der Waals surface area contributed by atoms with Crippen molar-refractivity contribution in [2.24, 2.45) is 0 Å². The maximum Gasteiger partial charge on any atom is 0.305 e. The molecule has 0 aliphatic carbocycles. The molecule has 0 spiro atoms. The monoisotopic (exact) mass is 857 g/mol. The van der Waals surface area contributed by atoms with E-state index in [-0.39, 0.29) is 54.3 Å². The van der Waals surface area contributed by atoms with Gasteiger partial charge in [0.15, 0.2) is 9.84 Å². The lowest BCUT2D eigenvalue weighted by Crippen LogP contribution is -2.23. The number of carbonyl (C=O) groups is 1. The summed E-state index contributed by atoms with van der Waals surface area (Å²) < 4.78 is 42.1. The van der Waals surface area contributed by atoms with Crippen molar-refractivity contribution in [3.8, 4) is 39.8 Å². The SMILES string of the molecule is CS(=O)(=O)c1cncc(COc2nc(OCc3cccc(-c4cccc(-c5ccc(OCCNCCO)cc5)c4Cl)c3Cl)c(Cl)cc2CCC[C@@H](O)CC(=O)O)c1. The minimum atomic E-state index is -3.51. The van der Waals surface area contributed by atoms with Crippen LogP contribution in [0.3, 0.4) is 0 Å². The zero-order valence-electron chi connectivity index (χ0n) is 31.0. The van der Waals surface area contributed by atoms with Crippen LogP contribution < -0.4 is 19.5 Å². The number of rotatable bonds is 21. The van der Waals surface area contributed by atoms with Crippen molar-refractivity contribution in [2.75, 3.05) is 32.6 Å². The number of aliphatic hydroxyl groups is 2. The first-order chi connectivity index (χ1) is 27.3. The number of benzene rings is 3. The summed E-state index contributed by atoms with van der Waals surface area (Å²) in [4.78, 5) is 19.6. The van der Waals surface area contributed by atoms with E-state index in [0.29, 0.717) is 70.6 Å². The first-order valence-electron chi connectivity index (χ1n) is 17.9. The van der Waals surface area contributed by atoms with E-state index in [9.17, 15) is 18.3 Å². The molecule has 0 unspecified atom stereocenters. The van der Waals surface area contributed by atoms with Crippen molar-refractivity contribution in [3.63, 3.8) is 0 Å². The van der Waals surface area contributed by atoms with E-state index in [2.05, 4.69) is 15.3 Å². The fraction of sp³-hybridized carbons (Fsp3) is 0.293. The Balaban J connectivity index is 1.34. The van der Waals surface area contributed by atoms with Crippen molar-refractivity contribution in [1.82, 2.24) is 15.3 Å². The van der Waals surface area contributed by atoms with E-state index in [0.717, 1.165) is 22.9 Å². The molecule has 0 aliphatic rings. The van der Waals surface area contributed by atoms with Crippen LogP contribution >= 0.6 is 34.8 Å². The number of ether oxygens (including phenoxy) is 3. The average molecular weight is 859 g/mol. The number of sulfone groups is 1.